The maximum Gasteiger partial charge on any atom is 0.264 e. The maximum atomic E-state index is 13.1. The van der Waals surface area contributed by atoms with Gasteiger partial charge >= 0.3 is 0 Å². The quantitative estimate of drug-likeness (QED) is 0.757. The number of rotatable bonds is 5. The van der Waals surface area contributed by atoms with Gasteiger partial charge in [-0.25, -0.2) is 17.1 Å². The molecule has 3 rings (SSSR count). The van der Waals surface area contributed by atoms with Crippen LogP contribution >= 0.6 is 11.6 Å². The summed E-state index contributed by atoms with van der Waals surface area (Å²) in [4.78, 5) is 14.2. The summed E-state index contributed by atoms with van der Waals surface area (Å²) in [6, 6.07) is 8.37. The summed E-state index contributed by atoms with van der Waals surface area (Å²) in [6.07, 6.45) is 0.551. The summed E-state index contributed by atoms with van der Waals surface area (Å²) in [7, 11) is -0.594. The largest absolute Gasteiger partial charge is 0.482 e. The summed E-state index contributed by atoms with van der Waals surface area (Å²) in [5, 5.41) is 0.0863. The van der Waals surface area contributed by atoms with Crippen LogP contribution in [0.1, 0.15) is 5.56 Å². The minimum atomic E-state index is -3.53. The molecule has 0 spiro atoms. The van der Waals surface area contributed by atoms with Gasteiger partial charge in [-0.2, -0.15) is 0 Å². The van der Waals surface area contributed by atoms with Crippen LogP contribution in [0.3, 0.4) is 0 Å². The molecule has 6 nitrogen and oxygen atoms in total. The first kappa shape index (κ1) is 19.6. The number of hydrogen-bond acceptors (Lipinski definition) is 4. The Labute approximate surface area is 162 Å². The number of halogens is 2. The van der Waals surface area contributed by atoms with Crippen molar-refractivity contribution in [2.45, 2.75) is 11.3 Å². The van der Waals surface area contributed by atoms with Crippen molar-refractivity contribution in [3.8, 4) is 5.75 Å². The zero-order valence-electron chi connectivity index (χ0n) is 14.8. The van der Waals surface area contributed by atoms with Crippen molar-refractivity contribution in [2.75, 3.05) is 32.1 Å². The summed E-state index contributed by atoms with van der Waals surface area (Å²) in [5.74, 6) is -0.564. The highest BCUT2D eigenvalue weighted by atomic mass is 35.5. The van der Waals surface area contributed by atoms with Crippen LogP contribution in [0, 0.1) is 5.82 Å². The molecule has 0 bridgehead atoms. The van der Waals surface area contributed by atoms with E-state index in [9.17, 15) is 17.6 Å². The summed E-state index contributed by atoms with van der Waals surface area (Å²) in [6.45, 7) is 0.169. The fourth-order valence-electron chi connectivity index (χ4n) is 2.82. The second kappa shape index (κ2) is 7.46. The van der Waals surface area contributed by atoms with E-state index in [0.717, 1.165) is 15.9 Å². The van der Waals surface area contributed by atoms with Gasteiger partial charge in [0.15, 0.2) is 6.61 Å². The van der Waals surface area contributed by atoms with Crippen molar-refractivity contribution < 1.29 is 22.3 Å². The van der Waals surface area contributed by atoms with Gasteiger partial charge in [-0.05, 0) is 48.4 Å². The number of benzene rings is 2. The molecule has 0 radical (unpaired) electrons. The van der Waals surface area contributed by atoms with Crippen LogP contribution in [0.4, 0.5) is 10.1 Å². The van der Waals surface area contributed by atoms with Gasteiger partial charge in [-0.1, -0.05) is 11.6 Å². The molecule has 1 heterocycles. The Morgan fingerprint density at radius 1 is 1.26 bits per heavy atom. The van der Waals surface area contributed by atoms with E-state index >= 15 is 0 Å². The van der Waals surface area contributed by atoms with Crippen LogP contribution in [0.15, 0.2) is 41.3 Å². The highest BCUT2D eigenvalue weighted by molar-refractivity contribution is 7.89. The third-order valence-corrected chi connectivity index (χ3v) is 6.38. The number of carbonyl (C=O) groups excluding carboxylic acids is 1. The minimum Gasteiger partial charge on any atom is -0.482 e. The average Bonchev–Trinajstić information content (AvgIpc) is 3.03. The van der Waals surface area contributed by atoms with Gasteiger partial charge in [0.05, 0.1) is 9.92 Å². The van der Waals surface area contributed by atoms with Gasteiger partial charge in [0.25, 0.3) is 5.91 Å². The predicted molar refractivity (Wildman–Crippen MR) is 100 cm³/mol. The van der Waals surface area contributed by atoms with E-state index in [1.54, 1.807) is 17.0 Å². The molecule has 27 heavy (non-hydrogen) atoms. The zero-order valence-corrected chi connectivity index (χ0v) is 16.3. The Morgan fingerprint density at radius 2 is 2.00 bits per heavy atom. The van der Waals surface area contributed by atoms with E-state index in [1.165, 1.54) is 32.3 Å². The fourth-order valence-corrected chi connectivity index (χ4v) is 3.99. The van der Waals surface area contributed by atoms with E-state index < -0.39 is 15.8 Å². The topological polar surface area (TPSA) is 66.9 Å². The normalized spacial score (nSPS) is 13.7. The van der Waals surface area contributed by atoms with Gasteiger partial charge in [0, 0.05) is 26.3 Å². The van der Waals surface area contributed by atoms with E-state index in [4.69, 9.17) is 16.3 Å². The van der Waals surface area contributed by atoms with Crippen molar-refractivity contribution in [1.29, 1.82) is 0 Å². The molecule has 0 unspecified atom stereocenters. The molecule has 2 aromatic carbocycles. The van der Waals surface area contributed by atoms with Crippen molar-refractivity contribution >= 4 is 33.2 Å². The monoisotopic (exact) mass is 412 g/mol. The molecule has 9 heteroatoms. The Morgan fingerprint density at radius 3 is 2.67 bits per heavy atom. The SMILES string of the molecule is CN(C)S(=O)(=O)c1ccc2c(c1)CCN2C(=O)COc1ccc(F)cc1Cl. The molecule has 0 aliphatic carbocycles. The molecule has 1 aliphatic rings. The molecule has 0 saturated heterocycles. The third kappa shape index (κ3) is 3.92. The molecule has 0 N–H and O–H groups in total. The van der Waals surface area contributed by atoms with Crippen LogP contribution in [0.5, 0.6) is 5.75 Å². The molecule has 144 valence electrons. The van der Waals surface area contributed by atoms with Gasteiger partial charge in [0.1, 0.15) is 11.6 Å². The minimum absolute atomic E-state index is 0.0863. The van der Waals surface area contributed by atoms with Crippen LogP contribution in [-0.4, -0.2) is 45.9 Å². The number of fused-ring (bicyclic) bond motifs is 1. The number of hydrogen-bond donors (Lipinski definition) is 0. The molecule has 1 aliphatic heterocycles. The second-order valence-electron chi connectivity index (χ2n) is 6.24. The highest BCUT2D eigenvalue weighted by Crippen LogP contribution is 2.31. The van der Waals surface area contributed by atoms with Crippen LogP contribution in [0.25, 0.3) is 0 Å². The average molecular weight is 413 g/mol. The second-order valence-corrected chi connectivity index (χ2v) is 8.80. The molecule has 2 aromatic rings. The molecule has 0 aromatic heterocycles. The molecule has 0 fully saturated rings. The third-order valence-electron chi connectivity index (χ3n) is 4.27. The Hall–Kier alpha value is -2.16. The number of anilines is 1. The first-order valence-corrected chi connectivity index (χ1v) is 9.95. The number of sulfonamides is 1. The molecular weight excluding hydrogens is 395 g/mol. The zero-order chi connectivity index (χ0) is 19.8. The van der Waals surface area contributed by atoms with Crippen molar-refractivity contribution in [1.82, 2.24) is 4.31 Å². The summed E-state index contributed by atoms with van der Waals surface area (Å²) in [5.41, 5.74) is 1.44. The lowest BCUT2D eigenvalue weighted by Gasteiger charge is -2.18. The van der Waals surface area contributed by atoms with Crippen molar-refractivity contribution in [2.24, 2.45) is 0 Å². The lowest BCUT2D eigenvalue weighted by Crippen LogP contribution is -2.33. The van der Waals surface area contributed by atoms with Crippen LogP contribution in [-0.2, 0) is 21.2 Å². The molecule has 1 amide bonds. The number of ether oxygens (including phenoxy) is 1. The van der Waals surface area contributed by atoms with Gasteiger partial charge in [-0.3, -0.25) is 4.79 Å². The molecular formula is C18H18ClFN2O4S. The van der Waals surface area contributed by atoms with Crippen LogP contribution in [0.2, 0.25) is 5.02 Å². The van der Waals surface area contributed by atoms with Gasteiger partial charge in [-0.15, -0.1) is 0 Å². The van der Waals surface area contributed by atoms with E-state index in [1.807, 2.05) is 0 Å². The van der Waals surface area contributed by atoms with E-state index in [0.29, 0.717) is 18.7 Å². The summed E-state index contributed by atoms with van der Waals surface area (Å²) >= 11 is 5.89. The Bertz CT molecular complexity index is 995. The lowest BCUT2D eigenvalue weighted by molar-refractivity contribution is -0.120. The molecule has 0 saturated carbocycles. The maximum absolute atomic E-state index is 13.1. The van der Waals surface area contributed by atoms with Crippen molar-refractivity contribution in [3.05, 3.63) is 52.8 Å². The number of carbonyl (C=O) groups is 1. The summed E-state index contributed by atoms with van der Waals surface area (Å²) < 4.78 is 44.1. The molecule has 0 atom stereocenters. The Balaban J connectivity index is 1.74. The lowest BCUT2D eigenvalue weighted by atomic mass is 10.2. The van der Waals surface area contributed by atoms with Gasteiger partial charge in [0.2, 0.25) is 10.0 Å². The van der Waals surface area contributed by atoms with Crippen molar-refractivity contribution in [3.63, 3.8) is 0 Å². The van der Waals surface area contributed by atoms with E-state index in [2.05, 4.69) is 0 Å². The van der Waals surface area contributed by atoms with E-state index in [-0.39, 0.29) is 28.2 Å². The first-order chi connectivity index (χ1) is 12.7. The van der Waals surface area contributed by atoms with Gasteiger partial charge < -0.3 is 9.64 Å². The number of nitrogens with zero attached hydrogens (tertiary/aromatic N) is 2. The standard InChI is InChI=1S/C18H18ClFN2O4S/c1-21(2)27(24,25)14-4-5-16-12(9-14)7-8-22(16)18(23)11-26-17-6-3-13(20)10-15(17)19/h3-6,9-10H,7-8,11H2,1-2H3. The first-order valence-electron chi connectivity index (χ1n) is 8.14. The Kier molecular flexibility index (Phi) is 5.41. The fraction of sp³-hybridized carbons (Fsp3) is 0.278. The number of amides is 1. The predicted octanol–water partition coefficient (Wildman–Crippen LogP) is 2.70. The smallest absolute Gasteiger partial charge is 0.264 e. The van der Waals surface area contributed by atoms with Crippen LogP contribution < -0.4 is 9.64 Å². The highest BCUT2D eigenvalue weighted by Gasteiger charge is 2.27.